The van der Waals surface area contributed by atoms with Crippen LogP contribution in [0.3, 0.4) is 0 Å². The molecule has 0 aliphatic carbocycles. The molecule has 10 heavy (non-hydrogen) atoms. The van der Waals surface area contributed by atoms with Gasteiger partial charge < -0.3 is 4.65 Å². The van der Waals surface area contributed by atoms with Gasteiger partial charge in [-0.2, -0.15) is 11.8 Å². The SMILES string of the molecule is BCCC1SCC[C@@H]1OB. The standard InChI is InChI=1S/C6H14B2OS/c7-3-1-6-5(9-8)2-4-10-6/h5-6H,1-4,7-8H2/t5-,6?/m0/s1. The van der Waals surface area contributed by atoms with Crippen molar-refractivity contribution in [1.82, 2.24) is 0 Å². The lowest BCUT2D eigenvalue weighted by molar-refractivity contribution is 0.220. The Labute approximate surface area is 69.1 Å². The van der Waals surface area contributed by atoms with Crippen LogP contribution < -0.4 is 0 Å². The third-order valence-electron chi connectivity index (χ3n) is 2.02. The average Bonchev–Trinajstić information content (AvgIpc) is 2.36. The fraction of sp³-hybridized carbons (Fsp3) is 1.00. The Balaban J connectivity index is 2.27. The largest absolute Gasteiger partial charge is 0.440 e. The van der Waals surface area contributed by atoms with E-state index in [0.29, 0.717) is 6.10 Å². The second-order valence-corrected chi connectivity index (χ2v) is 4.11. The first-order chi connectivity index (χ1) is 4.88. The van der Waals surface area contributed by atoms with Gasteiger partial charge in [-0.05, 0) is 18.6 Å². The topological polar surface area (TPSA) is 9.23 Å². The lowest BCUT2D eigenvalue weighted by atomic mass is 9.97. The zero-order valence-corrected chi connectivity index (χ0v) is 7.62. The average molecular weight is 156 g/mol. The monoisotopic (exact) mass is 156 g/mol. The molecule has 0 bridgehead atoms. The van der Waals surface area contributed by atoms with Gasteiger partial charge in [-0.3, -0.25) is 0 Å². The van der Waals surface area contributed by atoms with E-state index in [1.54, 1.807) is 0 Å². The van der Waals surface area contributed by atoms with Gasteiger partial charge in [0.15, 0.2) is 0 Å². The summed E-state index contributed by atoms with van der Waals surface area (Å²) in [7, 11) is 4.07. The summed E-state index contributed by atoms with van der Waals surface area (Å²) in [4.78, 5) is 0. The summed E-state index contributed by atoms with van der Waals surface area (Å²) in [6.45, 7) is 0. The summed E-state index contributed by atoms with van der Waals surface area (Å²) < 4.78 is 5.36. The molecule has 4 heteroatoms. The van der Waals surface area contributed by atoms with Crippen molar-refractivity contribution in [3.63, 3.8) is 0 Å². The van der Waals surface area contributed by atoms with Crippen LogP contribution in [0, 0.1) is 0 Å². The van der Waals surface area contributed by atoms with E-state index in [4.69, 9.17) is 4.65 Å². The van der Waals surface area contributed by atoms with Crippen LogP contribution in [-0.2, 0) is 4.65 Å². The van der Waals surface area contributed by atoms with Crippen molar-refractivity contribution in [2.24, 2.45) is 0 Å². The van der Waals surface area contributed by atoms with Crippen molar-refractivity contribution in [2.45, 2.75) is 30.5 Å². The molecule has 1 rings (SSSR count). The van der Waals surface area contributed by atoms with E-state index in [-0.39, 0.29) is 0 Å². The van der Waals surface area contributed by atoms with E-state index in [9.17, 15) is 0 Å². The second-order valence-electron chi connectivity index (χ2n) is 2.76. The quantitative estimate of drug-likeness (QED) is 0.526. The highest BCUT2D eigenvalue weighted by molar-refractivity contribution is 8.00. The molecular weight excluding hydrogens is 142 g/mol. The van der Waals surface area contributed by atoms with E-state index in [1.807, 2.05) is 8.05 Å². The van der Waals surface area contributed by atoms with Crippen molar-refractivity contribution in [3.8, 4) is 0 Å². The Bertz CT molecular complexity index is 102. The van der Waals surface area contributed by atoms with Gasteiger partial charge in [0, 0.05) is 5.25 Å². The fourth-order valence-electron chi connectivity index (χ4n) is 1.45. The molecule has 0 aromatic rings. The minimum atomic E-state index is 0.546. The molecule has 1 aliphatic heterocycles. The summed E-state index contributed by atoms with van der Waals surface area (Å²) in [5, 5.41) is 0.787. The highest BCUT2D eigenvalue weighted by atomic mass is 32.2. The molecule has 1 aliphatic rings. The molecule has 0 saturated carbocycles. The minimum Gasteiger partial charge on any atom is -0.440 e. The van der Waals surface area contributed by atoms with E-state index in [2.05, 4.69) is 19.6 Å². The van der Waals surface area contributed by atoms with Crippen LogP contribution in [0.2, 0.25) is 6.32 Å². The number of rotatable bonds is 3. The van der Waals surface area contributed by atoms with E-state index in [0.717, 1.165) is 5.25 Å². The Morgan fingerprint density at radius 3 is 3.00 bits per heavy atom. The van der Waals surface area contributed by atoms with Gasteiger partial charge in [0.25, 0.3) is 8.05 Å². The van der Waals surface area contributed by atoms with Gasteiger partial charge in [0.2, 0.25) is 0 Å². The van der Waals surface area contributed by atoms with Crippen LogP contribution in [0.1, 0.15) is 12.8 Å². The second kappa shape index (κ2) is 4.35. The molecule has 0 N–H and O–H groups in total. The summed E-state index contributed by atoms with van der Waals surface area (Å²) in [5.74, 6) is 1.29. The lowest BCUT2D eigenvalue weighted by Gasteiger charge is -2.16. The number of thioether (sulfide) groups is 1. The molecule has 1 heterocycles. The van der Waals surface area contributed by atoms with Crippen LogP contribution in [0.25, 0.3) is 0 Å². The molecule has 1 unspecified atom stereocenters. The van der Waals surface area contributed by atoms with Crippen molar-refractivity contribution in [3.05, 3.63) is 0 Å². The van der Waals surface area contributed by atoms with Crippen molar-refractivity contribution < 1.29 is 4.65 Å². The Morgan fingerprint density at radius 1 is 1.60 bits per heavy atom. The van der Waals surface area contributed by atoms with Crippen molar-refractivity contribution in [2.75, 3.05) is 5.75 Å². The molecule has 56 valence electrons. The predicted octanol–water partition coefficient (Wildman–Crippen LogP) is -0.133. The van der Waals surface area contributed by atoms with Crippen LogP contribution in [0.15, 0.2) is 0 Å². The summed E-state index contributed by atoms with van der Waals surface area (Å²) in [6.07, 6.45) is 4.41. The minimum absolute atomic E-state index is 0.546. The zero-order chi connectivity index (χ0) is 7.40. The molecule has 0 amide bonds. The van der Waals surface area contributed by atoms with E-state index < -0.39 is 0 Å². The van der Waals surface area contributed by atoms with Crippen LogP contribution in [0.4, 0.5) is 0 Å². The van der Waals surface area contributed by atoms with E-state index >= 15 is 0 Å². The van der Waals surface area contributed by atoms with Gasteiger partial charge in [-0.15, -0.1) is 0 Å². The Hall–Kier alpha value is 0.440. The molecule has 1 saturated heterocycles. The van der Waals surface area contributed by atoms with Crippen LogP contribution in [0.5, 0.6) is 0 Å². The summed E-state index contributed by atoms with van der Waals surface area (Å²) in [5.41, 5.74) is 0. The molecule has 0 radical (unpaired) electrons. The molecule has 0 spiro atoms. The highest BCUT2D eigenvalue weighted by Crippen LogP contribution is 2.31. The third-order valence-corrected chi connectivity index (χ3v) is 3.46. The fourth-order valence-corrected chi connectivity index (χ4v) is 2.99. The summed E-state index contributed by atoms with van der Waals surface area (Å²) >= 11 is 2.07. The Morgan fingerprint density at radius 2 is 2.40 bits per heavy atom. The molecular formula is C6H14B2OS. The van der Waals surface area contributed by atoms with Gasteiger partial charge in [0.05, 0.1) is 6.10 Å². The van der Waals surface area contributed by atoms with Crippen LogP contribution >= 0.6 is 11.8 Å². The molecule has 2 atom stereocenters. The normalized spacial score (nSPS) is 32.8. The first kappa shape index (κ1) is 8.54. The lowest BCUT2D eigenvalue weighted by Crippen LogP contribution is -2.20. The van der Waals surface area contributed by atoms with Gasteiger partial charge in [-0.25, -0.2) is 0 Å². The van der Waals surface area contributed by atoms with Crippen LogP contribution in [-0.4, -0.2) is 33.0 Å². The molecule has 1 fully saturated rings. The predicted molar refractivity (Wildman–Crippen MR) is 52.2 cm³/mol. The van der Waals surface area contributed by atoms with Gasteiger partial charge in [0.1, 0.15) is 7.85 Å². The first-order valence-electron chi connectivity index (χ1n) is 4.03. The Kier molecular flexibility index (Phi) is 3.71. The number of hydrogen-bond acceptors (Lipinski definition) is 2. The van der Waals surface area contributed by atoms with Crippen molar-refractivity contribution in [1.29, 1.82) is 0 Å². The molecule has 0 aromatic carbocycles. The van der Waals surface area contributed by atoms with Gasteiger partial charge >= 0.3 is 0 Å². The van der Waals surface area contributed by atoms with Gasteiger partial charge in [-0.1, -0.05) is 6.32 Å². The first-order valence-corrected chi connectivity index (χ1v) is 5.07. The number of hydrogen-bond donors (Lipinski definition) is 0. The molecule has 1 nitrogen and oxygen atoms in total. The summed E-state index contributed by atoms with van der Waals surface area (Å²) in [6, 6.07) is 0. The highest BCUT2D eigenvalue weighted by Gasteiger charge is 2.25. The maximum absolute atomic E-state index is 5.36. The third kappa shape index (κ3) is 1.96. The zero-order valence-electron chi connectivity index (χ0n) is 6.80. The maximum atomic E-state index is 5.36. The van der Waals surface area contributed by atoms with E-state index in [1.165, 1.54) is 24.9 Å². The smallest absolute Gasteiger partial charge is 0.257 e. The molecule has 0 aromatic heterocycles. The maximum Gasteiger partial charge on any atom is 0.257 e. The van der Waals surface area contributed by atoms with Crippen molar-refractivity contribution >= 4 is 27.7 Å².